The Bertz CT molecular complexity index is 505. The van der Waals surface area contributed by atoms with Crippen molar-refractivity contribution in [3.05, 3.63) is 36.2 Å². The molecule has 0 atom stereocenters. The van der Waals surface area contributed by atoms with E-state index in [9.17, 15) is 13.2 Å². The molecule has 0 saturated heterocycles. The molecular weight excluding hydrogens is 202 g/mol. The van der Waals surface area contributed by atoms with Gasteiger partial charge in [0.05, 0.1) is 5.56 Å². The fourth-order valence-corrected chi connectivity index (χ4v) is 2.58. The molecule has 1 aliphatic rings. The van der Waals surface area contributed by atoms with Crippen molar-refractivity contribution >= 4 is 15.9 Å². The van der Waals surface area contributed by atoms with Gasteiger partial charge in [-0.2, -0.15) is 0 Å². The molecule has 1 radical (unpaired) electrons. The zero-order valence-electron chi connectivity index (χ0n) is 7.28. The third-order valence-electron chi connectivity index (χ3n) is 2.10. The van der Waals surface area contributed by atoms with Gasteiger partial charge < -0.3 is 0 Å². The van der Waals surface area contributed by atoms with Gasteiger partial charge in [-0.05, 0) is 31.0 Å². The van der Waals surface area contributed by atoms with Crippen molar-refractivity contribution in [3.8, 4) is 0 Å². The maximum atomic E-state index is 11.4. The molecule has 5 heteroatoms. The van der Waals surface area contributed by atoms with Crippen molar-refractivity contribution in [3.63, 3.8) is 0 Å². The third-order valence-corrected chi connectivity index (χ3v) is 3.47. The summed E-state index contributed by atoms with van der Waals surface area (Å²) in [4.78, 5) is 11.2. The molecule has 1 N–H and O–H groups in total. The molecule has 0 bridgehead atoms. The van der Waals surface area contributed by atoms with Crippen molar-refractivity contribution in [2.75, 3.05) is 0 Å². The highest BCUT2D eigenvalue weighted by Gasteiger charge is 2.32. The molecule has 0 aromatic heterocycles. The maximum absolute atomic E-state index is 11.4. The van der Waals surface area contributed by atoms with Crippen LogP contribution in [0.1, 0.15) is 15.9 Å². The molecule has 1 aromatic carbocycles. The number of nitrogens with one attached hydrogen (secondary N) is 1. The lowest BCUT2D eigenvalue weighted by Gasteiger charge is -1.98. The molecule has 0 unspecified atom stereocenters. The van der Waals surface area contributed by atoms with Crippen LogP contribution in [0.3, 0.4) is 0 Å². The van der Waals surface area contributed by atoms with Crippen molar-refractivity contribution in [1.29, 1.82) is 0 Å². The van der Waals surface area contributed by atoms with Crippen molar-refractivity contribution in [2.24, 2.45) is 0 Å². The van der Waals surface area contributed by atoms with Gasteiger partial charge in [0.15, 0.2) is 0 Å². The lowest BCUT2D eigenvalue weighted by atomic mass is 10.1. The number of hydrogen-bond acceptors (Lipinski definition) is 3. The summed E-state index contributed by atoms with van der Waals surface area (Å²) < 4.78 is 24.7. The summed E-state index contributed by atoms with van der Waals surface area (Å²) in [5.74, 6) is -0.560. The zero-order chi connectivity index (χ0) is 10.3. The Morgan fingerprint density at radius 1 is 1.36 bits per heavy atom. The van der Waals surface area contributed by atoms with Gasteiger partial charge in [0, 0.05) is 0 Å². The van der Waals surface area contributed by atoms with Crippen molar-refractivity contribution in [1.82, 2.24) is 4.72 Å². The van der Waals surface area contributed by atoms with E-state index in [0.717, 1.165) is 5.56 Å². The van der Waals surface area contributed by atoms with Crippen LogP contribution in [0.25, 0.3) is 0 Å². The molecule has 2 rings (SSSR count). The summed E-state index contributed by atoms with van der Waals surface area (Å²) in [5, 5.41) is 0. The standard InChI is InChI=1S/C9H8NO3S/c1-2-6-3-4-7-8(5-6)14(12,13)10-9(7)11/h3-5H,1-2H2,(H,10,11). The Morgan fingerprint density at radius 3 is 2.71 bits per heavy atom. The van der Waals surface area contributed by atoms with Crippen molar-refractivity contribution < 1.29 is 13.2 Å². The molecule has 1 heterocycles. The summed E-state index contributed by atoms with van der Waals surface area (Å²) in [6.07, 6.45) is 0.497. The Morgan fingerprint density at radius 2 is 2.07 bits per heavy atom. The first-order chi connectivity index (χ1) is 6.54. The number of rotatable bonds is 1. The molecule has 1 aromatic rings. The second-order valence-corrected chi connectivity index (χ2v) is 4.67. The van der Waals surface area contributed by atoms with E-state index in [4.69, 9.17) is 0 Å². The first-order valence-corrected chi connectivity index (χ1v) is 5.52. The first-order valence-electron chi connectivity index (χ1n) is 4.04. The number of hydrogen-bond donors (Lipinski definition) is 1. The van der Waals surface area contributed by atoms with Crippen molar-refractivity contribution in [2.45, 2.75) is 11.3 Å². The largest absolute Gasteiger partial charge is 0.268 e. The quantitative estimate of drug-likeness (QED) is 0.734. The van der Waals surface area contributed by atoms with Gasteiger partial charge >= 0.3 is 0 Å². The smallest absolute Gasteiger partial charge is 0.266 e. The molecule has 4 nitrogen and oxygen atoms in total. The summed E-state index contributed by atoms with van der Waals surface area (Å²) in [6.45, 7) is 3.65. The number of carbonyl (C=O) groups is 1. The van der Waals surface area contributed by atoms with Crippen LogP contribution in [0, 0.1) is 6.92 Å². The van der Waals surface area contributed by atoms with E-state index in [1.165, 1.54) is 12.1 Å². The van der Waals surface area contributed by atoms with Crippen LogP contribution in [0.5, 0.6) is 0 Å². The second-order valence-electron chi connectivity index (χ2n) is 3.02. The topological polar surface area (TPSA) is 63.2 Å². The van der Waals surface area contributed by atoms with E-state index in [1.807, 2.05) is 4.72 Å². The minimum Gasteiger partial charge on any atom is -0.268 e. The van der Waals surface area contributed by atoms with Crippen LogP contribution in [-0.4, -0.2) is 14.3 Å². The van der Waals surface area contributed by atoms with E-state index < -0.39 is 15.9 Å². The number of carbonyl (C=O) groups excluding carboxylic acids is 1. The minimum absolute atomic E-state index is 0.0589. The molecule has 73 valence electrons. The van der Waals surface area contributed by atoms with Gasteiger partial charge in [0.1, 0.15) is 4.90 Å². The highest BCUT2D eigenvalue weighted by molar-refractivity contribution is 7.90. The van der Waals surface area contributed by atoms with Crippen LogP contribution in [0.15, 0.2) is 23.1 Å². The zero-order valence-corrected chi connectivity index (χ0v) is 8.10. The highest BCUT2D eigenvalue weighted by atomic mass is 32.2. The van der Waals surface area contributed by atoms with E-state index >= 15 is 0 Å². The van der Waals surface area contributed by atoms with Crippen LogP contribution in [-0.2, 0) is 16.4 Å². The average Bonchev–Trinajstić information content (AvgIpc) is 2.37. The van der Waals surface area contributed by atoms with E-state index in [2.05, 4.69) is 6.92 Å². The summed E-state index contributed by atoms with van der Waals surface area (Å²) in [5.41, 5.74) is 1.01. The van der Waals surface area contributed by atoms with E-state index in [-0.39, 0.29) is 10.5 Å². The van der Waals surface area contributed by atoms with Crippen LogP contribution in [0.2, 0.25) is 0 Å². The number of sulfonamides is 1. The number of fused-ring (bicyclic) bond motifs is 1. The normalized spacial score (nSPS) is 17.6. The Balaban J connectivity index is 2.71. The fraction of sp³-hybridized carbons (Fsp3) is 0.111. The van der Waals surface area contributed by atoms with Crippen LogP contribution >= 0.6 is 0 Å². The van der Waals surface area contributed by atoms with Crippen LogP contribution < -0.4 is 4.72 Å². The van der Waals surface area contributed by atoms with Gasteiger partial charge in [-0.25, -0.2) is 13.1 Å². The molecule has 1 amide bonds. The van der Waals surface area contributed by atoms with Crippen LogP contribution in [0.4, 0.5) is 0 Å². The van der Waals surface area contributed by atoms with Gasteiger partial charge in [0.25, 0.3) is 15.9 Å². The van der Waals surface area contributed by atoms with Gasteiger partial charge in [-0.3, -0.25) is 4.79 Å². The monoisotopic (exact) mass is 210 g/mol. The molecule has 0 saturated carbocycles. The highest BCUT2D eigenvalue weighted by Crippen LogP contribution is 2.23. The Hall–Kier alpha value is -1.36. The molecule has 1 aliphatic heterocycles. The second kappa shape index (κ2) is 2.81. The fourth-order valence-electron chi connectivity index (χ4n) is 1.36. The van der Waals surface area contributed by atoms with Gasteiger partial charge in [-0.15, -0.1) is 0 Å². The Kier molecular flexibility index (Phi) is 1.85. The number of amides is 1. The van der Waals surface area contributed by atoms with E-state index in [1.54, 1.807) is 6.07 Å². The summed E-state index contributed by atoms with van der Waals surface area (Å²) in [6, 6.07) is 4.69. The average molecular weight is 210 g/mol. The lowest BCUT2D eigenvalue weighted by Crippen LogP contribution is -2.20. The molecule has 0 spiro atoms. The molecule has 0 aliphatic carbocycles. The maximum Gasteiger partial charge on any atom is 0.266 e. The predicted molar refractivity (Wildman–Crippen MR) is 50.2 cm³/mol. The minimum atomic E-state index is -3.61. The lowest BCUT2D eigenvalue weighted by molar-refractivity contribution is 0.0985. The summed E-state index contributed by atoms with van der Waals surface area (Å²) in [7, 11) is -3.61. The summed E-state index contributed by atoms with van der Waals surface area (Å²) >= 11 is 0. The van der Waals surface area contributed by atoms with Gasteiger partial charge in [-0.1, -0.05) is 6.07 Å². The Labute approximate surface area is 82.0 Å². The molecule has 14 heavy (non-hydrogen) atoms. The molecular formula is C9H8NO3S. The van der Waals surface area contributed by atoms with E-state index in [0.29, 0.717) is 6.42 Å². The first kappa shape index (κ1) is 9.21. The number of benzene rings is 1. The molecule has 0 fully saturated rings. The third kappa shape index (κ3) is 1.21. The van der Waals surface area contributed by atoms with Gasteiger partial charge in [0.2, 0.25) is 0 Å². The SMILES string of the molecule is [CH2]Cc1ccc2c(c1)S(=O)(=O)NC2=O. The predicted octanol–water partition coefficient (Wildman–Crippen LogP) is 0.495.